The summed E-state index contributed by atoms with van der Waals surface area (Å²) < 4.78 is 0. The van der Waals surface area contributed by atoms with Crippen LogP contribution in [0.3, 0.4) is 0 Å². The lowest BCUT2D eigenvalue weighted by Gasteiger charge is -2.32. The van der Waals surface area contributed by atoms with Crippen molar-refractivity contribution in [1.82, 2.24) is 15.2 Å². The summed E-state index contributed by atoms with van der Waals surface area (Å²) in [7, 11) is 0. The van der Waals surface area contributed by atoms with Gasteiger partial charge >= 0.3 is 0 Å². The number of pyridine rings is 1. The zero-order valence-corrected chi connectivity index (χ0v) is 12.1. The van der Waals surface area contributed by atoms with Crippen molar-refractivity contribution in [3.63, 3.8) is 0 Å². The Hall–Kier alpha value is -1.95. The van der Waals surface area contributed by atoms with E-state index < -0.39 is 0 Å². The van der Waals surface area contributed by atoms with Crippen LogP contribution in [0.1, 0.15) is 29.6 Å². The molecule has 1 atom stereocenters. The van der Waals surface area contributed by atoms with E-state index >= 15 is 0 Å². The van der Waals surface area contributed by atoms with Gasteiger partial charge in [-0.05, 0) is 37.9 Å². The molecular formula is C15H22N4O2. The van der Waals surface area contributed by atoms with Crippen LogP contribution >= 0.6 is 0 Å². The molecule has 0 aromatic carbocycles. The number of rotatable bonds is 5. The van der Waals surface area contributed by atoms with E-state index in [9.17, 15) is 9.59 Å². The Kier molecular flexibility index (Phi) is 5.68. The van der Waals surface area contributed by atoms with Crippen LogP contribution in [-0.4, -0.2) is 47.9 Å². The Bertz CT molecular complexity index is 478. The van der Waals surface area contributed by atoms with Gasteiger partial charge in [-0.15, -0.1) is 0 Å². The molecule has 1 aliphatic rings. The summed E-state index contributed by atoms with van der Waals surface area (Å²) in [6.45, 7) is 2.35. The largest absolute Gasteiger partial charge is 0.356 e. The highest BCUT2D eigenvalue weighted by molar-refractivity contribution is 5.94. The zero-order chi connectivity index (χ0) is 15.1. The average Bonchev–Trinajstić information content (AvgIpc) is 2.55. The van der Waals surface area contributed by atoms with Crippen molar-refractivity contribution in [2.75, 3.05) is 26.2 Å². The van der Waals surface area contributed by atoms with Gasteiger partial charge in [0.15, 0.2) is 0 Å². The Morgan fingerprint density at radius 1 is 1.38 bits per heavy atom. The Morgan fingerprint density at radius 3 is 2.86 bits per heavy atom. The summed E-state index contributed by atoms with van der Waals surface area (Å²) in [5.41, 5.74) is 6.03. The summed E-state index contributed by atoms with van der Waals surface area (Å²) in [4.78, 5) is 30.1. The van der Waals surface area contributed by atoms with Gasteiger partial charge in [0.25, 0.3) is 5.91 Å². The maximum atomic E-state index is 12.4. The molecule has 6 heteroatoms. The van der Waals surface area contributed by atoms with Gasteiger partial charge in [0.1, 0.15) is 0 Å². The molecule has 2 rings (SSSR count). The third kappa shape index (κ3) is 4.26. The first kappa shape index (κ1) is 15.4. The van der Waals surface area contributed by atoms with E-state index in [4.69, 9.17) is 5.73 Å². The van der Waals surface area contributed by atoms with Gasteiger partial charge < -0.3 is 16.0 Å². The van der Waals surface area contributed by atoms with Gasteiger partial charge in [-0.2, -0.15) is 0 Å². The van der Waals surface area contributed by atoms with Crippen LogP contribution in [0.2, 0.25) is 0 Å². The fourth-order valence-corrected chi connectivity index (χ4v) is 2.51. The second-order valence-electron chi connectivity index (χ2n) is 5.26. The minimum absolute atomic E-state index is 0.0238. The molecule has 1 aromatic heterocycles. The van der Waals surface area contributed by atoms with E-state index in [2.05, 4.69) is 10.3 Å². The van der Waals surface area contributed by atoms with E-state index in [-0.39, 0.29) is 17.7 Å². The number of carbonyl (C=O) groups is 2. The number of nitrogens with zero attached hydrogens (tertiary/aromatic N) is 2. The van der Waals surface area contributed by atoms with E-state index in [1.165, 1.54) is 0 Å². The summed E-state index contributed by atoms with van der Waals surface area (Å²) in [5.74, 6) is -0.130. The van der Waals surface area contributed by atoms with Crippen LogP contribution in [0, 0.1) is 5.92 Å². The maximum absolute atomic E-state index is 12.4. The Labute approximate surface area is 124 Å². The molecule has 2 amide bonds. The molecule has 0 bridgehead atoms. The van der Waals surface area contributed by atoms with Gasteiger partial charge in [-0.25, -0.2) is 0 Å². The number of nitrogens with one attached hydrogen (secondary N) is 1. The molecule has 1 saturated heterocycles. The molecule has 0 radical (unpaired) electrons. The molecule has 21 heavy (non-hydrogen) atoms. The van der Waals surface area contributed by atoms with Gasteiger partial charge in [0.05, 0.1) is 5.92 Å². The van der Waals surface area contributed by atoms with Crippen molar-refractivity contribution in [3.05, 3.63) is 30.1 Å². The standard InChI is InChI=1S/C15H22N4O2/c16-6-2-7-18-14(20)13-3-1-10-19(11-13)15(21)12-4-8-17-9-5-12/h4-5,8-9,13H,1-3,6-7,10-11,16H2,(H,18,20). The average molecular weight is 290 g/mol. The summed E-state index contributed by atoms with van der Waals surface area (Å²) in [5, 5.41) is 2.89. The molecule has 1 fully saturated rings. The van der Waals surface area contributed by atoms with Crippen molar-refractivity contribution in [1.29, 1.82) is 0 Å². The van der Waals surface area contributed by atoms with Crippen molar-refractivity contribution < 1.29 is 9.59 Å². The normalized spacial score (nSPS) is 18.3. The topological polar surface area (TPSA) is 88.3 Å². The maximum Gasteiger partial charge on any atom is 0.253 e. The molecule has 1 unspecified atom stereocenters. The van der Waals surface area contributed by atoms with Crippen molar-refractivity contribution in [3.8, 4) is 0 Å². The van der Waals surface area contributed by atoms with E-state index in [0.717, 1.165) is 19.3 Å². The van der Waals surface area contributed by atoms with Gasteiger partial charge in [0.2, 0.25) is 5.91 Å². The SMILES string of the molecule is NCCCNC(=O)C1CCCN(C(=O)c2ccncc2)C1. The predicted octanol–water partition coefficient (Wildman–Crippen LogP) is 0.399. The number of carbonyl (C=O) groups excluding carboxylic acids is 2. The number of aromatic nitrogens is 1. The third-order valence-electron chi connectivity index (χ3n) is 3.69. The van der Waals surface area contributed by atoms with Crippen LogP contribution in [0.5, 0.6) is 0 Å². The first-order valence-electron chi connectivity index (χ1n) is 7.39. The monoisotopic (exact) mass is 290 g/mol. The smallest absolute Gasteiger partial charge is 0.253 e. The summed E-state index contributed by atoms with van der Waals surface area (Å²) >= 11 is 0. The fraction of sp³-hybridized carbons (Fsp3) is 0.533. The second kappa shape index (κ2) is 7.73. The Morgan fingerprint density at radius 2 is 2.14 bits per heavy atom. The van der Waals surface area contributed by atoms with Crippen LogP contribution in [0.4, 0.5) is 0 Å². The van der Waals surface area contributed by atoms with Crippen molar-refractivity contribution in [2.45, 2.75) is 19.3 Å². The molecule has 0 spiro atoms. The number of hydrogen-bond donors (Lipinski definition) is 2. The highest BCUT2D eigenvalue weighted by atomic mass is 16.2. The van der Waals surface area contributed by atoms with Gasteiger partial charge in [-0.3, -0.25) is 14.6 Å². The van der Waals surface area contributed by atoms with E-state index in [1.54, 1.807) is 29.4 Å². The van der Waals surface area contributed by atoms with Crippen LogP contribution in [0.15, 0.2) is 24.5 Å². The molecule has 1 aromatic rings. The first-order chi connectivity index (χ1) is 10.2. The van der Waals surface area contributed by atoms with Crippen LogP contribution < -0.4 is 11.1 Å². The lowest BCUT2D eigenvalue weighted by atomic mass is 9.96. The predicted molar refractivity (Wildman–Crippen MR) is 79.5 cm³/mol. The van der Waals surface area contributed by atoms with Gasteiger partial charge in [-0.1, -0.05) is 0 Å². The van der Waals surface area contributed by atoms with Crippen LogP contribution in [0.25, 0.3) is 0 Å². The van der Waals surface area contributed by atoms with E-state index in [1.807, 2.05) is 0 Å². The fourth-order valence-electron chi connectivity index (χ4n) is 2.51. The molecule has 2 heterocycles. The number of amides is 2. The molecule has 6 nitrogen and oxygen atoms in total. The highest BCUT2D eigenvalue weighted by Crippen LogP contribution is 2.18. The number of nitrogens with two attached hydrogens (primary N) is 1. The van der Waals surface area contributed by atoms with Gasteiger partial charge in [0, 0.05) is 37.6 Å². The number of hydrogen-bond acceptors (Lipinski definition) is 4. The minimum atomic E-state index is -0.123. The van der Waals surface area contributed by atoms with Crippen molar-refractivity contribution in [2.24, 2.45) is 11.7 Å². The van der Waals surface area contributed by atoms with E-state index in [0.29, 0.717) is 31.7 Å². The molecule has 1 aliphatic heterocycles. The third-order valence-corrected chi connectivity index (χ3v) is 3.69. The molecule has 3 N–H and O–H groups in total. The quantitative estimate of drug-likeness (QED) is 0.768. The number of likely N-dealkylation sites (tertiary alicyclic amines) is 1. The van der Waals surface area contributed by atoms with Crippen molar-refractivity contribution >= 4 is 11.8 Å². The lowest BCUT2D eigenvalue weighted by molar-refractivity contribution is -0.126. The first-order valence-corrected chi connectivity index (χ1v) is 7.39. The lowest BCUT2D eigenvalue weighted by Crippen LogP contribution is -2.45. The van der Waals surface area contributed by atoms with Crippen LogP contribution in [-0.2, 0) is 4.79 Å². The molecule has 0 aliphatic carbocycles. The summed E-state index contributed by atoms with van der Waals surface area (Å²) in [6, 6.07) is 3.40. The highest BCUT2D eigenvalue weighted by Gasteiger charge is 2.28. The molecule has 114 valence electrons. The molecular weight excluding hydrogens is 268 g/mol. The minimum Gasteiger partial charge on any atom is -0.356 e. The zero-order valence-electron chi connectivity index (χ0n) is 12.1. The molecule has 0 saturated carbocycles. The Balaban J connectivity index is 1.91. The number of piperidine rings is 1. The second-order valence-corrected chi connectivity index (χ2v) is 5.26. The summed E-state index contributed by atoms with van der Waals surface area (Å²) in [6.07, 6.45) is 5.67.